The van der Waals surface area contributed by atoms with Gasteiger partial charge in [0.05, 0.1) is 157 Å². The number of ether oxygens (including phenoxy) is 12. The first-order chi connectivity index (χ1) is 28.1. The quantitative estimate of drug-likeness (QED) is 0.0518. The molecule has 0 spiro atoms. The molecule has 0 N–H and O–H groups in total. The maximum Gasteiger partial charge on any atom is 0.305 e. The van der Waals surface area contributed by atoms with E-state index in [1.165, 1.54) is 44.2 Å². The van der Waals surface area contributed by atoms with E-state index in [1.807, 2.05) is 0 Å². The molecule has 16 nitrogen and oxygen atoms in total. The lowest BCUT2D eigenvalue weighted by Crippen LogP contribution is -2.16. The molecule has 0 saturated carbocycles. The predicted octanol–water partition coefficient (Wildman–Crippen LogP) is 4.26. The molecule has 0 atom stereocenters. The summed E-state index contributed by atoms with van der Waals surface area (Å²) in [7, 11) is -3.76. The van der Waals surface area contributed by atoms with E-state index in [2.05, 4.69) is 6.92 Å². The van der Waals surface area contributed by atoms with Crippen LogP contribution < -0.4 is 0 Å². The lowest BCUT2D eigenvalue weighted by molar-refractivity contribution is -0.145. The monoisotopic (exact) mass is 840 g/mol. The topological polar surface area (TPSA) is 171 Å². The van der Waals surface area contributed by atoms with Gasteiger partial charge in [0.2, 0.25) is 0 Å². The van der Waals surface area contributed by atoms with Crippen LogP contribution in [0.1, 0.15) is 58.3 Å². The maximum atomic E-state index is 12.0. The van der Waals surface area contributed by atoms with Crippen LogP contribution in [0.15, 0.2) is 35.2 Å². The Morgan fingerprint density at radius 3 is 1.05 bits per heavy atom. The molecular weight excluding hydrogens is 768 g/mol. The van der Waals surface area contributed by atoms with E-state index in [9.17, 15) is 13.2 Å². The molecule has 334 valence electrons. The average Bonchev–Trinajstić information content (AvgIpc) is 3.22. The molecule has 0 bridgehead atoms. The van der Waals surface area contributed by atoms with Gasteiger partial charge in [0.15, 0.2) is 0 Å². The Hall–Kier alpha value is -1.84. The third-order valence-electron chi connectivity index (χ3n) is 7.69. The Balaban J connectivity index is 1.65. The molecule has 0 saturated heterocycles. The molecule has 57 heavy (non-hydrogen) atoms. The number of hydrogen-bond acceptors (Lipinski definition) is 16. The average molecular weight is 841 g/mol. The minimum Gasteiger partial charge on any atom is -0.463 e. The fourth-order valence-electron chi connectivity index (χ4n) is 4.67. The van der Waals surface area contributed by atoms with Crippen molar-refractivity contribution in [3.63, 3.8) is 0 Å². The van der Waals surface area contributed by atoms with Crippen molar-refractivity contribution in [3.05, 3.63) is 30.3 Å². The maximum absolute atomic E-state index is 12.0. The van der Waals surface area contributed by atoms with Crippen LogP contribution in [-0.4, -0.2) is 173 Å². The standard InChI is InChI=1S/C40H72O16S/c1-2-3-4-5-6-7-11-14-40(41)55-37-35-53-33-31-51-29-27-49-25-23-47-21-19-45-17-15-44-16-18-46-20-22-48-24-26-50-28-30-52-32-34-54-36-38-56-57(42,43)39-12-9-8-10-13-39/h8-10,12-13H,2-7,11,14-38H2,1H3. The van der Waals surface area contributed by atoms with Crippen LogP contribution in [0.2, 0.25) is 0 Å². The SMILES string of the molecule is CCCCCCCCCC(=O)OCCOCCOCCOCCOCCOCCOCCOCCOCCOCCOCCOCCOS(=O)(=O)c1ccccc1. The fraction of sp³-hybridized carbons (Fsp3) is 0.825. The van der Waals surface area contributed by atoms with Crippen LogP contribution in [0.25, 0.3) is 0 Å². The van der Waals surface area contributed by atoms with Crippen molar-refractivity contribution in [1.29, 1.82) is 0 Å². The molecule has 17 heteroatoms. The number of hydrogen-bond donors (Lipinski definition) is 0. The minimum absolute atomic E-state index is 0.0630. The lowest BCUT2D eigenvalue weighted by Gasteiger charge is -2.09. The number of carbonyl (C=O) groups excluding carboxylic acids is 1. The zero-order valence-electron chi connectivity index (χ0n) is 34.5. The summed E-state index contributed by atoms with van der Waals surface area (Å²) in [4.78, 5) is 11.8. The molecule has 1 aromatic rings. The van der Waals surface area contributed by atoms with E-state index in [0.29, 0.717) is 145 Å². The smallest absolute Gasteiger partial charge is 0.305 e. The molecular formula is C40H72O16S. The highest BCUT2D eigenvalue weighted by Gasteiger charge is 2.13. The normalized spacial score (nSPS) is 11.7. The lowest BCUT2D eigenvalue weighted by atomic mass is 10.1. The number of rotatable bonds is 46. The molecule has 0 aromatic heterocycles. The Kier molecular flexibility index (Phi) is 39.5. The van der Waals surface area contributed by atoms with Gasteiger partial charge in [0.25, 0.3) is 10.1 Å². The first-order valence-electron chi connectivity index (χ1n) is 20.5. The number of carbonyl (C=O) groups is 1. The van der Waals surface area contributed by atoms with Crippen LogP contribution in [0.4, 0.5) is 0 Å². The van der Waals surface area contributed by atoms with E-state index in [1.54, 1.807) is 18.2 Å². The molecule has 0 aliphatic heterocycles. The number of benzene rings is 1. The molecule has 1 rings (SSSR count). The van der Waals surface area contributed by atoms with E-state index < -0.39 is 10.1 Å². The van der Waals surface area contributed by atoms with E-state index in [4.69, 9.17) is 61.0 Å². The second-order valence-corrected chi connectivity index (χ2v) is 14.0. The molecule has 0 radical (unpaired) electrons. The van der Waals surface area contributed by atoms with Gasteiger partial charge in [-0.05, 0) is 18.6 Å². The van der Waals surface area contributed by atoms with Gasteiger partial charge in [-0.25, -0.2) is 0 Å². The van der Waals surface area contributed by atoms with Crippen LogP contribution in [-0.2, 0) is 75.9 Å². The zero-order valence-corrected chi connectivity index (χ0v) is 35.3. The van der Waals surface area contributed by atoms with Crippen molar-refractivity contribution in [1.82, 2.24) is 0 Å². The summed E-state index contributed by atoms with van der Waals surface area (Å²) >= 11 is 0. The third-order valence-corrected chi connectivity index (χ3v) is 9.02. The van der Waals surface area contributed by atoms with Gasteiger partial charge < -0.3 is 56.8 Å². The van der Waals surface area contributed by atoms with Gasteiger partial charge in [0.1, 0.15) is 6.61 Å². The molecule has 0 unspecified atom stereocenters. The third kappa shape index (κ3) is 38.1. The van der Waals surface area contributed by atoms with Gasteiger partial charge in [-0.3, -0.25) is 8.98 Å². The van der Waals surface area contributed by atoms with Crippen molar-refractivity contribution in [2.45, 2.75) is 63.2 Å². The van der Waals surface area contributed by atoms with Crippen LogP contribution >= 0.6 is 0 Å². The summed E-state index contributed by atoms with van der Waals surface area (Å²) in [6.07, 6.45) is 8.74. The molecule has 0 heterocycles. The minimum atomic E-state index is -3.76. The molecule has 0 fully saturated rings. The molecule has 0 aliphatic carbocycles. The second kappa shape index (κ2) is 42.3. The van der Waals surface area contributed by atoms with E-state index in [-0.39, 0.29) is 30.7 Å². The first-order valence-corrected chi connectivity index (χ1v) is 21.9. The summed E-state index contributed by atoms with van der Waals surface area (Å²) < 4.78 is 94.1. The van der Waals surface area contributed by atoms with Crippen molar-refractivity contribution in [2.75, 3.05) is 159 Å². The van der Waals surface area contributed by atoms with Gasteiger partial charge in [0, 0.05) is 6.42 Å². The zero-order chi connectivity index (χ0) is 41.0. The predicted molar refractivity (Wildman–Crippen MR) is 212 cm³/mol. The van der Waals surface area contributed by atoms with E-state index in [0.717, 1.165) is 12.8 Å². The highest BCUT2D eigenvalue weighted by molar-refractivity contribution is 7.86. The Morgan fingerprint density at radius 2 is 0.702 bits per heavy atom. The van der Waals surface area contributed by atoms with Crippen molar-refractivity contribution >= 4 is 16.1 Å². The highest BCUT2D eigenvalue weighted by Crippen LogP contribution is 2.11. The van der Waals surface area contributed by atoms with Gasteiger partial charge in [-0.2, -0.15) is 8.42 Å². The fourth-order valence-corrected chi connectivity index (χ4v) is 5.59. The van der Waals surface area contributed by atoms with Crippen molar-refractivity contribution in [2.24, 2.45) is 0 Å². The molecule has 1 aromatic carbocycles. The van der Waals surface area contributed by atoms with Crippen LogP contribution in [0, 0.1) is 0 Å². The van der Waals surface area contributed by atoms with E-state index >= 15 is 0 Å². The van der Waals surface area contributed by atoms with Gasteiger partial charge in [-0.1, -0.05) is 63.6 Å². The largest absolute Gasteiger partial charge is 0.463 e. The summed E-state index contributed by atoms with van der Waals surface area (Å²) in [5.41, 5.74) is 0. The summed E-state index contributed by atoms with van der Waals surface area (Å²) in [6.45, 7) is 12.0. The van der Waals surface area contributed by atoms with Gasteiger partial charge >= 0.3 is 5.97 Å². The second-order valence-electron chi connectivity index (χ2n) is 12.4. The number of unbranched alkanes of at least 4 members (excludes halogenated alkanes) is 6. The van der Waals surface area contributed by atoms with Crippen molar-refractivity contribution in [3.8, 4) is 0 Å². The molecule has 0 amide bonds. The number of esters is 1. The Morgan fingerprint density at radius 1 is 0.404 bits per heavy atom. The van der Waals surface area contributed by atoms with Gasteiger partial charge in [-0.15, -0.1) is 0 Å². The van der Waals surface area contributed by atoms with Crippen molar-refractivity contribution < 1.29 is 74.2 Å². The van der Waals surface area contributed by atoms with Crippen LogP contribution in [0.5, 0.6) is 0 Å². The Bertz CT molecular complexity index is 1080. The first kappa shape index (κ1) is 53.2. The molecule has 0 aliphatic rings. The summed E-state index contributed by atoms with van der Waals surface area (Å²) in [5.74, 6) is -0.148. The summed E-state index contributed by atoms with van der Waals surface area (Å²) in [5, 5.41) is 0. The Labute approximate surface area is 341 Å². The van der Waals surface area contributed by atoms with Crippen LogP contribution in [0.3, 0.4) is 0 Å². The highest BCUT2D eigenvalue weighted by atomic mass is 32.2. The summed E-state index contributed by atoms with van der Waals surface area (Å²) in [6, 6.07) is 7.97.